The van der Waals surface area contributed by atoms with Crippen LogP contribution in [-0.2, 0) is 22.6 Å². The minimum absolute atomic E-state index is 0.0639. The lowest BCUT2D eigenvalue weighted by atomic mass is 10.0. The molecule has 0 radical (unpaired) electrons. The first-order valence-electron chi connectivity index (χ1n) is 11.8. The molecule has 2 amide bonds. The van der Waals surface area contributed by atoms with Gasteiger partial charge in [0, 0.05) is 34.1 Å². The predicted octanol–water partition coefficient (Wildman–Crippen LogP) is 7.23. The molecule has 0 heterocycles. The molecule has 0 bridgehead atoms. The highest BCUT2D eigenvalue weighted by molar-refractivity contribution is 6.35. The average molecular weight is 582 g/mol. The van der Waals surface area contributed by atoms with Crippen molar-refractivity contribution in [3.63, 3.8) is 0 Å². The van der Waals surface area contributed by atoms with E-state index in [0.29, 0.717) is 32.8 Å². The first-order valence-corrected chi connectivity index (χ1v) is 13.3. The second-order valence-corrected chi connectivity index (χ2v) is 10.3. The fourth-order valence-corrected chi connectivity index (χ4v) is 4.57. The third kappa shape index (κ3) is 8.54. The topological polar surface area (TPSA) is 58.6 Å². The first-order chi connectivity index (χ1) is 17.7. The smallest absolute Gasteiger partial charge is 0.261 e. The quantitative estimate of drug-likeness (QED) is 0.260. The van der Waals surface area contributed by atoms with Crippen LogP contribution in [0.3, 0.4) is 0 Å². The van der Waals surface area contributed by atoms with E-state index in [0.717, 1.165) is 12.0 Å². The lowest BCUT2D eigenvalue weighted by Gasteiger charge is -2.32. The Morgan fingerprint density at radius 2 is 1.57 bits per heavy atom. The fourth-order valence-electron chi connectivity index (χ4n) is 3.64. The highest BCUT2D eigenvalue weighted by Crippen LogP contribution is 2.28. The number of carbonyl (C=O) groups excluding carboxylic acids is 2. The zero-order valence-corrected chi connectivity index (χ0v) is 23.5. The average Bonchev–Trinajstić information content (AvgIpc) is 2.87. The minimum Gasteiger partial charge on any atom is -0.482 e. The van der Waals surface area contributed by atoms with Gasteiger partial charge in [-0.3, -0.25) is 9.59 Å². The Balaban J connectivity index is 1.95. The van der Waals surface area contributed by atoms with Crippen molar-refractivity contribution in [1.29, 1.82) is 0 Å². The molecule has 0 aromatic heterocycles. The van der Waals surface area contributed by atoms with Gasteiger partial charge in [-0.2, -0.15) is 0 Å². The van der Waals surface area contributed by atoms with Gasteiger partial charge in [0.2, 0.25) is 5.91 Å². The second-order valence-electron chi connectivity index (χ2n) is 8.64. The van der Waals surface area contributed by atoms with E-state index in [9.17, 15) is 9.59 Å². The molecular weight excluding hydrogens is 554 g/mol. The summed E-state index contributed by atoms with van der Waals surface area (Å²) >= 11 is 24.7. The Morgan fingerprint density at radius 3 is 2.19 bits per heavy atom. The Bertz CT molecular complexity index is 1220. The highest BCUT2D eigenvalue weighted by Gasteiger charge is 2.31. The van der Waals surface area contributed by atoms with Crippen LogP contribution in [0.1, 0.15) is 31.4 Å². The van der Waals surface area contributed by atoms with E-state index in [2.05, 4.69) is 5.32 Å². The van der Waals surface area contributed by atoms with Gasteiger partial charge in [-0.15, -0.1) is 0 Å². The number of benzene rings is 3. The van der Waals surface area contributed by atoms with Gasteiger partial charge in [0.15, 0.2) is 6.61 Å². The molecular formula is C28H28Cl4N2O3. The maximum absolute atomic E-state index is 13.7. The number of amides is 2. The summed E-state index contributed by atoms with van der Waals surface area (Å²) in [6, 6.07) is 18.4. The molecule has 3 rings (SSSR count). The molecule has 0 aliphatic carbocycles. The second kappa shape index (κ2) is 13.9. The van der Waals surface area contributed by atoms with Crippen molar-refractivity contribution in [2.24, 2.45) is 0 Å². The van der Waals surface area contributed by atoms with E-state index in [1.165, 1.54) is 11.0 Å². The summed E-state index contributed by atoms with van der Waals surface area (Å²) in [5.74, 6) is -0.356. The lowest BCUT2D eigenvalue weighted by Crippen LogP contribution is -2.53. The van der Waals surface area contributed by atoms with Crippen LogP contribution >= 0.6 is 46.4 Å². The van der Waals surface area contributed by atoms with Crippen LogP contribution in [-0.4, -0.2) is 35.4 Å². The number of hydrogen-bond donors (Lipinski definition) is 1. The van der Waals surface area contributed by atoms with Crippen molar-refractivity contribution >= 4 is 58.2 Å². The number of carbonyl (C=O) groups is 2. The number of nitrogens with one attached hydrogen (secondary N) is 1. The molecule has 0 aliphatic rings. The fraction of sp³-hybridized carbons (Fsp3) is 0.286. The van der Waals surface area contributed by atoms with Crippen LogP contribution in [0.15, 0.2) is 66.7 Å². The summed E-state index contributed by atoms with van der Waals surface area (Å²) in [6.45, 7) is 3.65. The Hall–Kier alpha value is -2.44. The Kier molecular flexibility index (Phi) is 11.0. The van der Waals surface area contributed by atoms with E-state index < -0.39 is 11.9 Å². The summed E-state index contributed by atoms with van der Waals surface area (Å²) in [7, 11) is 0. The maximum Gasteiger partial charge on any atom is 0.261 e. The zero-order chi connectivity index (χ0) is 26.9. The minimum atomic E-state index is -0.820. The van der Waals surface area contributed by atoms with Crippen LogP contribution in [0, 0.1) is 0 Å². The van der Waals surface area contributed by atoms with Crippen molar-refractivity contribution < 1.29 is 14.3 Å². The number of hydrogen-bond acceptors (Lipinski definition) is 3. The Labute approximate surface area is 237 Å². The molecule has 0 aliphatic heterocycles. The molecule has 0 fully saturated rings. The van der Waals surface area contributed by atoms with Crippen molar-refractivity contribution in [1.82, 2.24) is 10.2 Å². The SMILES string of the molecule is CC[C@H](C)NC(=O)[C@@H](Cc1ccccc1)N(Cc1ccc(Cl)cc1Cl)C(=O)COc1ccc(Cl)cc1Cl. The molecule has 2 atom stereocenters. The standard InChI is InChI=1S/C28H28Cl4N2O3/c1-3-18(2)33-28(36)25(13-19-7-5-4-6-8-19)34(16-20-9-10-21(29)14-23(20)31)27(35)17-37-26-12-11-22(30)15-24(26)32/h4-12,14-15,18,25H,3,13,16-17H2,1-2H3,(H,33,36)/t18-,25+/m0/s1. The number of ether oxygens (including phenoxy) is 1. The third-order valence-electron chi connectivity index (χ3n) is 5.87. The van der Waals surface area contributed by atoms with Crippen LogP contribution in [0.4, 0.5) is 0 Å². The lowest BCUT2D eigenvalue weighted by molar-refractivity contribution is -0.143. The molecule has 9 heteroatoms. The monoisotopic (exact) mass is 580 g/mol. The summed E-state index contributed by atoms with van der Waals surface area (Å²) in [4.78, 5) is 28.7. The molecule has 37 heavy (non-hydrogen) atoms. The molecule has 3 aromatic carbocycles. The molecule has 0 spiro atoms. The normalized spacial score (nSPS) is 12.5. The molecule has 0 unspecified atom stereocenters. The molecule has 5 nitrogen and oxygen atoms in total. The van der Waals surface area contributed by atoms with Gasteiger partial charge < -0.3 is 15.0 Å². The third-order valence-corrected chi connectivity index (χ3v) is 6.99. The zero-order valence-electron chi connectivity index (χ0n) is 20.5. The molecule has 0 saturated carbocycles. The summed E-state index contributed by atoms with van der Waals surface area (Å²) in [6.07, 6.45) is 1.06. The van der Waals surface area contributed by atoms with Gasteiger partial charge >= 0.3 is 0 Å². The Morgan fingerprint density at radius 1 is 0.919 bits per heavy atom. The van der Waals surface area contributed by atoms with E-state index in [1.54, 1.807) is 30.3 Å². The summed E-state index contributed by atoms with van der Waals surface area (Å²) in [5.41, 5.74) is 1.56. The molecule has 3 aromatic rings. The first kappa shape index (κ1) is 29.1. The van der Waals surface area contributed by atoms with E-state index in [1.807, 2.05) is 44.2 Å². The van der Waals surface area contributed by atoms with Gasteiger partial charge in [-0.05, 0) is 54.8 Å². The number of rotatable bonds is 11. The van der Waals surface area contributed by atoms with Crippen molar-refractivity contribution in [3.8, 4) is 5.75 Å². The van der Waals surface area contributed by atoms with Crippen molar-refractivity contribution in [2.45, 2.75) is 45.3 Å². The van der Waals surface area contributed by atoms with Gasteiger partial charge in [0.1, 0.15) is 11.8 Å². The molecule has 196 valence electrons. The molecule has 1 N–H and O–H groups in total. The number of nitrogens with zero attached hydrogens (tertiary/aromatic N) is 1. The number of halogens is 4. The summed E-state index contributed by atoms with van der Waals surface area (Å²) in [5, 5.41) is 4.62. The molecule has 0 saturated heterocycles. The van der Waals surface area contributed by atoms with Crippen LogP contribution in [0.5, 0.6) is 5.75 Å². The van der Waals surface area contributed by atoms with E-state index >= 15 is 0 Å². The highest BCUT2D eigenvalue weighted by atomic mass is 35.5. The van der Waals surface area contributed by atoms with E-state index in [-0.39, 0.29) is 30.1 Å². The van der Waals surface area contributed by atoms with Crippen LogP contribution < -0.4 is 10.1 Å². The largest absolute Gasteiger partial charge is 0.482 e. The van der Waals surface area contributed by atoms with Gasteiger partial charge in [-0.1, -0.05) is 89.7 Å². The maximum atomic E-state index is 13.7. The van der Waals surface area contributed by atoms with E-state index in [4.69, 9.17) is 51.1 Å². The van der Waals surface area contributed by atoms with Crippen molar-refractivity contribution in [3.05, 3.63) is 97.9 Å². The van der Waals surface area contributed by atoms with Crippen molar-refractivity contribution in [2.75, 3.05) is 6.61 Å². The van der Waals surface area contributed by atoms with Gasteiger partial charge in [0.25, 0.3) is 5.91 Å². The predicted molar refractivity (Wildman–Crippen MR) is 151 cm³/mol. The van der Waals surface area contributed by atoms with Crippen LogP contribution in [0.2, 0.25) is 20.1 Å². The van der Waals surface area contributed by atoms with Gasteiger partial charge in [0.05, 0.1) is 5.02 Å². The van der Waals surface area contributed by atoms with Gasteiger partial charge in [-0.25, -0.2) is 0 Å². The summed E-state index contributed by atoms with van der Waals surface area (Å²) < 4.78 is 5.74. The van der Waals surface area contributed by atoms with Crippen LogP contribution in [0.25, 0.3) is 0 Å².